The van der Waals surface area contributed by atoms with Crippen LogP contribution in [0.15, 0.2) is 12.3 Å². The van der Waals surface area contributed by atoms with Gasteiger partial charge in [-0.1, -0.05) is 13.3 Å². The minimum absolute atomic E-state index is 0.591. The first-order chi connectivity index (χ1) is 8.76. The van der Waals surface area contributed by atoms with E-state index in [2.05, 4.69) is 35.1 Å². The van der Waals surface area contributed by atoms with Crippen molar-refractivity contribution in [3.8, 4) is 0 Å². The SMILES string of the molecule is CCCCN1CCC[C@@H]1c1cnc(NC)c(C)c1. The van der Waals surface area contributed by atoms with Gasteiger partial charge in [-0.05, 0) is 56.5 Å². The van der Waals surface area contributed by atoms with Gasteiger partial charge >= 0.3 is 0 Å². The van der Waals surface area contributed by atoms with E-state index in [0.29, 0.717) is 6.04 Å². The Labute approximate surface area is 111 Å². The first-order valence-corrected chi connectivity index (χ1v) is 7.14. The second kappa shape index (κ2) is 6.19. The minimum atomic E-state index is 0.591. The highest BCUT2D eigenvalue weighted by atomic mass is 15.2. The van der Waals surface area contributed by atoms with Crippen LogP contribution in [0.1, 0.15) is 49.8 Å². The molecule has 0 radical (unpaired) electrons. The number of likely N-dealkylation sites (tertiary alicyclic amines) is 1. The monoisotopic (exact) mass is 247 g/mol. The Hall–Kier alpha value is -1.09. The lowest BCUT2D eigenvalue weighted by atomic mass is 10.0. The summed E-state index contributed by atoms with van der Waals surface area (Å²) in [5.74, 6) is 0.997. The summed E-state index contributed by atoms with van der Waals surface area (Å²) in [5, 5.41) is 3.13. The molecule has 1 aromatic rings. The zero-order valence-electron chi connectivity index (χ0n) is 11.9. The second-order valence-corrected chi connectivity index (χ2v) is 5.23. The van der Waals surface area contributed by atoms with Gasteiger partial charge in [0.15, 0.2) is 0 Å². The number of nitrogens with zero attached hydrogens (tertiary/aromatic N) is 2. The molecule has 0 amide bonds. The lowest BCUT2D eigenvalue weighted by molar-refractivity contribution is 0.253. The van der Waals surface area contributed by atoms with Crippen molar-refractivity contribution in [2.24, 2.45) is 0 Å². The number of pyridine rings is 1. The number of aryl methyl sites for hydroxylation is 1. The Morgan fingerprint density at radius 2 is 2.33 bits per heavy atom. The third kappa shape index (κ3) is 2.83. The van der Waals surface area contributed by atoms with E-state index in [0.717, 1.165) is 5.82 Å². The van der Waals surface area contributed by atoms with Gasteiger partial charge in [0.2, 0.25) is 0 Å². The molecule has 1 aromatic heterocycles. The van der Waals surface area contributed by atoms with Crippen molar-refractivity contribution in [2.75, 3.05) is 25.5 Å². The molecular weight excluding hydrogens is 222 g/mol. The molecule has 0 saturated carbocycles. The Morgan fingerprint density at radius 1 is 1.50 bits per heavy atom. The molecule has 0 unspecified atom stereocenters. The smallest absolute Gasteiger partial charge is 0.128 e. The van der Waals surface area contributed by atoms with Gasteiger partial charge in [0.1, 0.15) is 5.82 Å². The number of unbranched alkanes of at least 4 members (excludes halogenated alkanes) is 1. The van der Waals surface area contributed by atoms with Crippen LogP contribution in [0.5, 0.6) is 0 Å². The van der Waals surface area contributed by atoms with Crippen LogP contribution >= 0.6 is 0 Å². The van der Waals surface area contributed by atoms with Crippen LogP contribution in [0.2, 0.25) is 0 Å². The van der Waals surface area contributed by atoms with Crippen molar-refractivity contribution in [2.45, 2.75) is 45.6 Å². The van der Waals surface area contributed by atoms with Crippen molar-refractivity contribution in [3.05, 3.63) is 23.4 Å². The van der Waals surface area contributed by atoms with Crippen molar-refractivity contribution in [1.29, 1.82) is 0 Å². The van der Waals surface area contributed by atoms with Crippen LogP contribution in [0.3, 0.4) is 0 Å². The molecular formula is C15H25N3. The van der Waals surface area contributed by atoms with Crippen molar-refractivity contribution >= 4 is 5.82 Å². The Kier molecular flexibility index (Phi) is 4.59. The van der Waals surface area contributed by atoms with Crippen molar-refractivity contribution in [1.82, 2.24) is 9.88 Å². The number of hydrogen-bond acceptors (Lipinski definition) is 3. The molecule has 3 heteroatoms. The number of hydrogen-bond donors (Lipinski definition) is 1. The molecule has 1 atom stereocenters. The molecule has 2 heterocycles. The maximum absolute atomic E-state index is 4.52. The van der Waals surface area contributed by atoms with Gasteiger partial charge in [0, 0.05) is 19.3 Å². The van der Waals surface area contributed by atoms with Crippen LogP contribution in [0.25, 0.3) is 0 Å². The zero-order chi connectivity index (χ0) is 13.0. The van der Waals surface area contributed by atoms with Gasteiger partial charge in [0.05, 0.1) is 0 Å². The summed E-state index contributed by atoms with van der Waals surface area (Å²) in [6, 6.07) is 2.89. The van der Waals surface area contributed by atoms with Crippen LogP contribution in [0, 0.1) is 6.92 Å². The van der Waals surface area contributed by atoms with Crippen LogP contribution < -0.4 is 5.32 Å². The molecule has 0 bridgehead atoms. The fraction of sp³-hybridized carbons (Fsp3) is 0.667. The third-order valence-electron chi connectivity index (χ3n) is 3.88. The summed E-state index contributed by atoms with van der Waals surface area (Å²) in [6.45, 7) is 6.87. The summed E-state index contributed by atoms with van der Waals surface area (Å²) in [7, 11) is 1.93. The fourth-order valence-electron chi connectivity index (χ4n) is 2.87. The highest BCUT2D eigenvalue weighted by Crippen LogP contribution is 2.32. The van der Waals surface area contributed by atoms with Gasteiger partial charge in [-0.2, -0.15) is 0 Å². The number of rotatable bonds is 5. The van der Waals surface area contributed by atoms with Crippen LogP contribution in [-0.2, 0) is 0 Å². The average molecular weight is 247 g/mol. The van der Waals surface area contributed by atoms with Crippen molar-refractivity contribution < 1.29 is 0 Å². The quantitative estimate of drug-likeness (QED) is 0.864. The summed E-state index contributed by atoms with van der Waals surface area (Å²) in [4.78, 5) is 7.14. The van der Waals surface area contributed by atoms with E-state index in [4.69, 9.17) is 0 Å². The van der Waals surface area contributed by atoms with Gasteiger partial charge in [0.25, 0.3) is 0 Å². The third-order valence-corrected chi connectivity index (χ3v) is 3.88. The van der Waals surface area contributed by atoms with E-state index in [1.165, 1.54) is 49.9 Å². The minimum Gasteiger partial charge on any atom is -0.373 e. The first kappa shape index (κ1) is 13.3. The highest BCUT2D eigenvalue weighted by molar-refractivity contribution is 5.44. The molecule has 1 saturated heterocycles. The Balaban J connectivity index is 2.12. The zero-order valence-corrected chi connectivity index (χ0v) is 11.9. The Morgan fingerprint density at radius 3 is 3.00 bits per heavy atom. The fourth-order valence-corrected chi connectivity index (χ4v) is 2.87. The van der Waals surface area contributed by atoms with E-state index in [-0.39, 0.29) is 0 Å². The van der Waals surface area contributed by atoms with Gasteiger partial charge in [-0.25, -0.2) is 4.98 Å². The second-order valence-electron chi connectivity index (χ2n) is 5.23. The van der Waals surface area contributed by atoms with Crippen LogP contribution in [0.4, 0.5) is 5.82 Å². The predicted molar refractivity (Wildman–Crippen MR) is 77.0 cm³/mol. The largest absolute Gasteiger partial charge is 0.373 e. The van der Waals surface area contributed by atoms with Crippen molar-refractivity contribution in [3.63, 3.8) is 0 Å². The summed E-state index contributed by atoms with van der Waals surface area (Å²) in [6.07, 6.45) is 7.23. The first-order valence-electron chi connectivity index (χ1n) is 7.14. The number of nitrogens with one attached hydrogen (secondary N) is 1. The molecule has 3 nitrogen and oxygen atoms in total. The molecule has 0 aromatic carbocycles. The summed E-state index contributed by atoms with van der Waals surface area (Å²) < 4.78 is 0. The summed E-state index contributed by atoms with van der Waals surface area (Å²) >= 11 is 0. The molecule has 1 N–H and O–H groups in total. The molecule has 1 aliphatic heterocycles. The standard InChI is InChI=1S/C15H25N3/c1-4-5-8-18-9-6-7-14(18)13-10-12(2)15(16-3)17-11-13/h10-11,14H,4-9H2,1-3H3,(H,16,17)/t14-/m1/s1. The number of anilines is 1. The highest BCUT2D eigenvalue weighted by Gasteiger charge is 2.25. The van der Waals surface area contributed by atoms with Gasteiger partial charge in [-0.15, -0.1) is 0 Å². The normalized spacial score (nSPS) is 20.3. The Bertz CT molecular complexity index is 389. The lowest BCUT2D eigenvalue weighted by Gasteiger charge is -2.25. The van der Waals surface area contributed by atoms with E-state index in [1.54, 1.807) is 0 Å². The maximum Gasteiger partial charge on any atom is 0.128 e. The van der Waals surface area contributed by atoms with Gasteiger partial charge < -0.3 is 5.32 Å². The van der Waals surface area contributed by atoms with E-state index in [1.807, 2.05) is 13.2 Å². The topological polar surface area (TPSA) is 28.2 Å². The maximum atomic E-state index is 4.52. The van der Waals surface area contributed by atoms with E-state index >= 15 is 0 Å². The van der Waals surface area contributed by atoms with Gasteiger partial charge in [-0.3, -0.25) is 4.90 Å². The molecule has 1 fully saturated rings. The molecule has 0 spiro atoms. The average Bonchev–Trinajstić information content (AvgIpc) is 2.84. The number of aromatic nitrogens is 1. The molecule has 1 aliphatic rings. The summed E-state index contributed by atoms with van der Waals surface area (Å²) in [5.41, 5.74) is 2.64. The molecule has 18 heavy (non-hydrogen) atoms. The van der Waals surface area contributed by atoms with E-state index in [9.17, 15) is 0 Å². The van der Waals surface area contributed by atoms with Crippen LogP contribution in [-0.4, -0.2) is 30.0 Å². The molecule has 100 valence electrons. The van der Waals surface area contributed by atoms with E-state index < -0.39 is 0 Å². The molecule has 2 rings (SSSR count). The molecule has 0 aliphatic carbocycles. The lowest BCUT2D eigenvalue weighted by Crippen LogP contribution is -2.24. The predicted octanol–water partition coefficient (Wildman–Crippen LogP) is 3.37.